The number of morpholine rings is 1. The number of esters is 1. The smallest absolute Gasteiger partial charge is 0.344 e. The second kappa shape index (κ2) is 9.62. The molecule has 0 radical (unpaired) electrons. The van der Waals surface area contributed by atoms with Gasteiger partial charge in [-0.25, -0.2) is 18.2 Å². The molecule has 0 aliphatic carbocycles. The molecule has 10 nitrogen and oxygen atoms in total. The van der Waals surface area contributed by atoms with Gasteiger partial charge in [0.2, 0.25) is 10.0 Å². The molecule has 1 aliphatic rings. The molecular weight excluding hydrogens is 448 g/mol. The van der Waals surface area contributed by atoms with E-state index in [0.717, 1.165) is 11.9 Å². The van der Waals surface area contributed by atoms with Crippen molar-refractivity contribution in [3.05, 3.63) is 41.0 Å². The molecule has 0 N–H and O–H groups in total. The van der Waals surface area contributed by atoms with Crippen LogP contribution in [-0.2, 0) is 39.1 Å². The maximum absolute atomic E-state index is 13.0. The highest BCUT2D eigenvalue weighted by atomic mass is 32.2. The summed E-state index contributed by atoms with van der Waals surface area (Å²) in [4.78, 5) is 17.5. The minimum absolute atomic E-state index is 0.0488. The monoisotopic (exact) mass is 476 g/mol. The number of benzene rings is 1. The van der Waals surface area contributed by atoms with Crippen LogP contribution < -0.4 is 0 Å². The molecule has 33 heavy (non-hydrogen) atoms. The van der Waals surface area contributed by atoms with Crippen molar-refractivity contribution in [2.24, 2.45) is 0 Å². The molecule has 0 amide bonds. The van der Waals surface area contributed by atoms with E-state index < -0.39 is 16.0 Å². The van der Waals surface area contributed by atoms with Gasteiger partial charge in [-0.2, -0.15) is 4.31 Å². The summed E-state index contributed by atoms with van der Waals surface area (Å²) < 4.78 is 45.4. The van der Waals surface area contributed by atoms with Gasteiger partial charge in [0.25, 0.3) is 0 Å². The van der Waals surface area contributed by atoms with E-state index in [1.165, 1.54) is 4.31 Å². The third kappa shape index (κ3) is 4.53. The van der Waals surface area contributed by atoms with Crippen molar-refractivity contribution in [2.45, 2.75) is 51.7 Å². The third-order valence-electron chi connectivity index (χ3n) is 5.66. The normalized spacial score (nSPS) is 15.2. The van der Waals surface area contributed by atoms with Gasteiger partial charge in [0.05, 0.1) is 34.8 Å². The Morgan fingerprint density at radius 2 is 1.97 bits per heavy atom. The van der Waals surface area contributed by atoms with Gasteiger partial charge in [-0.15, -0.1) is 0 Å². The maximum atomic E-state index is 13.0. The standard InChI is InChI=1S/C22H28N4O6S/c1-4-8-26-19-7-6-16(33(28,29)25-9-11-30-12-10-25)13-18(19)23-20(26)14-31-22(27)21-15(3)32-24-17(21)5-2/h6-7,13H,4-5,8-12,14H2,1-3H3. The first kappa shape index (κ1) is 23.4. The second-order valence-electron chi connectivity index (χ2n) is 7.84. The Hall–Kier alpha value is -2.76. The average Bonchev–Trinajstić information content (AvgIpc) is 3.37. The highest BCUT2D eigenvalue weighted by molar-refractivity contribution is 7.89. The van der Waals surface area contributed by atoms with E-state index in [1.807, 2.05) is 18.4 Å². The van der Waals surface area contributed by atoms with Crippen LogP contribution in [0, 0.1) is 6.92 Å². The fourth-order valence-electron chi connectivity index (χ4n) is 3.96. The van der Waals surface area contributed by atoms with E-state index in [4.69, 9.17) is 14.0 Å². The van der Waals surface area contributed by atoms with Crippen molar-refractivity contribution < 1.29 is 27.2 Å². The predicted molar refractivity (Wildman–Crippen MR) is 119 cm³/mol. The first-order valence-corrected chi connectivity index (χ1v) is 12.5. The van der Waals surface area contributed by atoms with Crippen molar-refractivity contribution in [2.75, 3.05) is 26.3 Å². The molecule has 3 aromatic rings. The minimum Gasteiger partial charge on any atom is -0.454 e. The molecule has 0 bridgehead atoms. The zero-order chi connectivity index (χ0) is 23.6. The summed E-state index contributed by atoms with van der Waals surface area (Å²) in [5.74, 6) is 0.446. The van der Waals surface area contributed by atoms with E-state index in [0.29, 0.717) is 67.6 Å². The highest BCUT2D eigenvalue weighted by Crippen LogP contribution is 2.25. The number of imidazole rings is 1. The summed E-state index contributed by atoms with van der Waals surface area (Å²) in [6.07, 6.45) is 1.39. The molecular formula is C22H28N4O6S. The topological polar surface area (TPSA) is 117 Å². The summed E-state index contributed by atoms with van der Waals surface area (Å²) in [6, 6.07) is 4.94. The largest absolute Gasteiger partial charge is 0.454 e. The third-order valence-corrected chi connectivity index (χ3v) is 7.55. The zero-order valence-electron chi connectivity index (χ0n) is 19.0. The van der Waals surface area contributed by atoms with Crippen molar-refractivity contribution in [1.82, 2.24) is 19.0 Å². The molecule has 0 spiro atoms. The van der Waals surface area contributed by atoms with E-state index in [2.05, 4.69) is 10.1 Å². The molecule has 0 saturated carbocycles. The van der Waals surface area contributed by atoms with Crippen molar-refractivity contribution in [1.29, 1.82) is 0 Å². The fourth-order valence-corrected chi connectivity index (χ4v) is 5.39. The summed E-state index contributed by atoms with van der Waals surface area (Å²) >= 11 is 0. The van der Waals surface area contributed by atoms with Crippen LogP contribution in [0.25, 0.3) is 11.0 Å². The van der Waals surface area contributed by atoms with Crippen LogP contribution in [0.1, 0.15) is 47.9 Å². The van der Waals surface area contributed by atoms with Gasteiger partial charge in [0, 0.05) is 19.6 Å². The van der Waals surface area contributed by atoms with Gasteiger partial charge < -0.3 is 18.6 Å². The van der Waals surface area contributed by atoms with Crippen molar-refractivity contribution in [3.63, 3.8) is 0 Å². The van der Waals surface area contributed by atoms with Crippen LogP contribution >= 0.6 is 0 Å². The van der Waals surface area contributed by atoms with Crippen LogP contribution in [0.5, 0.6) is 0 Å². The van der Waals surface area contributed by atoms with Gasteiger partial charge >= 0.3 is 5.97 Å². The van der Waals surface area contributed by atoms with E-state index in [-0.39, 0.29) is 11.5 Å². The molecule has 1 saturated heterocycles. The average molecular weight is 477 g/mol. The van der Waals surface area contributed by atoms with Crippen LogP contribution in [0.4, 0.5) is 0 Å². The lowest BCUT2D eigenvalue weighted by atomic mass is 10.1. The summed E-state index contributed by atoms with van der Waals surface area (Å²) in [6.45, 7) is 7.62. The Labute approximate surface area is 192 Å². The number of carbonyl (C=O) groups is 1. The van der Waals surface area contributed by atoms with E-state index in [9.17, 15) is 13.2 Å². The number of nitrogens with zero attached hydrogens (tertiary/aromatic N) is 4. The SMILES string of the molecule is CCCn1c(COC(=O)c2c(CC)noc2C)nc2cc(S(=O)(=O)N3CCOCC3)ccc21. The molecule has 1 aromatic carbocycles. The lowest BCUT2D eigenvalue weighted by Gasteiger charge is -2.26. The summed E-state index contributed by atoms with van der Waals surface area (Å²) in [7, 11) is -3.64. The number of aromatic nitrogens is 3. The molecule has 3 heterocycles. The predicted octanol–water partition coefficient (Wildman–Crippen LogP) is 2.68. The highest BCUT2D eigenvalue weighted by Gasteiger charge is 2.27. The van der Waals surface area contributed by atoms with E-state index in [1.54, 1.807) is 25.1 Å². The Bertz CT molecular complexity index is 1260. The lowest BCUT2D eigenvalue weighted by molar-refractivity contribution is 0.0455. The van der Waals surface area contributed by atoms with Gasteiger partial charge in [-0.1, -0.05) is 19.0 Å². The number of carbonyl (C=O) groups excluding carboxylic acids is 1. The quantitative estimate of drug-likeness (QED) is 0.456. The number of sulfonamides is 1. The van der Waals surface area contributed by atoms with Gasteiger partial charge in [0.1, 0.15) is 23.8 Å². The first-order chi connectivity index (χ1) is 15.9. The molecule has 0 unspecified atom stereocenters. The molecule has 1 aliphatic heterocycles. The number of rotatable bonds is 8. The zero-order valence-corrected chi connectivity index (χ0v) is 19.9. The van der Waals surface area contributed by atoms with E-state index >= 15 is 0 Å². The Morgan fingerprint density at radius 3 is 2.67 bits per heavy atom. The molecule has 1 fully saturated rings. The number of aryl methyl sites for hydroxylation is 3. The maximum Gasteiger partial charge on any atom is 0.344 e. The molecule has 178 valence electrons. The second-order valence-corrected chi connectivity index (χ2v) is 9.77. The number of ether oxygens (including phenoxy) is 2. The Morgan fingerprint density at radius 1 is 1.21 bits per heavy atom. The van der Waals surface area contributed by atoms with Crippen molar-refractivity contribution >= 4 is 27.0 Å². The number of hydrogen-bond acceptors (Lipinski definition) is 8. The Balaban J connectivity index is 1.62. The van der Waals surface area contributed by atoms with Gasteiger partial charge in [-0.05, 0) is 38.0 Å². The van der Waals surface area contributed by atoms with Crippen molar-refractivity contribution in [3.8, 4) is 0 Å². The van der Waals surface area contributed by atoms with Gasteiger partial charge in [0.15, 0.2) is 0 Å². The summed E-state index contributed by atoms with van der Waals surface area (Å²) in [5, 5.41) is 3.90. The lowest BCUT2D eigenvalue weighted by Crippen LogP contribution is -2.40. The first-order valence-electron chi connectivity index (χ1n) is 11.1. The van der Waals surface area contributed by atoms with Crippen LogP contribution in [-0.4, -0.2) is 59.7 Å². The number of fused-ring (bicyclic) bond motifs is 1. The van der Waals surface area contributed by atoms with Crippen LogP contribution in [0.3, 0.4) is 0 Å². The Kier molecular flexibility index (Phi) is 6.82. The van der Waals surface area contributed by atoms with Crippen LogP contribution in [0.15, 0.2) is 27.6 Å². The molecule has 2 aromatic heterocycles. The fraction of sp³-hybridized carbons (Fsp3) is 0.500. The summed E-state index contributed by atoms with van der Waals surface area (Å²) in [5.41, 5.74) is 2.23. The van der Waals surface area contributed by atoms with Gasteiger partial charge in [-0.3, -0.25) is 0 Å². The molecule has 4 rings (SSSR count). The van der Waals surface area contributed by atoms with Crippen LogP contribution in [0.2, 0.25) is 0 Å². The number of hydrogen-bond donors (Lipinski definition) is 0. The minimum atomic E-state index is -3.64. The molecule has 0 atom stereocenters. The molecule has 11 heteroatoms.